The van der Waals surface area contributed by atoms with Crippen LogP contribution in [0.25, 0.3) is 10.2 Å². The molecule has 90 valence electrons. The van der Waals surface area contributed by atoms with Gasteiger partial charge >= 0.3 is 0 Å². The van der Waals surface area contributed by atoms with E-state index in [9.17, 15) is 0 Å². The minimum atomic E-state index is 0.326. The molecule has 1 atom stereocenters. The average molecular weight is 247 g/mol. The van der Waals surface area contributed by atoms with Crippen LogP contribution in [0.2, 0.25) is 0 Å². The summed E-state index contributed by atoms with van der Waals surface area (Å²) in [6, 6.07) is 4.34. The molecule has 1 unspecified atom stereocenters. The number of nitrogens with two attached hydrogens (primary N) is 1. The van der Waals surface area contributed by atoms with Crippen LogP contribution in [0.4, 0.5) is 11.4 Å². The van der Waals surface area contributed by atoms with Crippen LogP contribution in [-0.2, 0) is 0 Å². The minimum Gasteiger partial charge on any atom is -0.397 e. The van der Waals surface area contributed by atoms with Crippen molar-refractivity contribution in [3.8, 4) is 0 Å². The van der Waals surface area contributed by atoms with Gasteiger partial charge in [-0.25, -0.2) is 4.98 Å². The van der Waals surface area contributed by atoms with Crippen molar-refractivity contribution < 1.29 is 0 Å². The molecule has 0 aliphatic carbocycles. The highest BCUT2D eigenvalue weighted by molar-refractivity contribution is 7.18. The topological polar surface area (TPSA) is 50.9 Å². The van der Waals surface area contributed by atoms with Crippen LogP contribution in [0.15, 0.2) is 24.8 Å². The van der Waals surface area contributed by atoms with Gasteiger partial charge in [0.2, 0.25) is 0 Å². The van der Waals surface area contributed by atoms with E-state index in [1.807, 2.05) is 25.1 Å². The highest BCUT2D eigenvalue weighted by Crippen LogP contribution is 2.30. The van der Waals surface area contributed by atoms with Crippen molar-refractivity contribution in [3.63, 3.8) is 0 Å². The van der Waals surface area contributed by atoms with Gasteiger partial charge in [-0.3, -0.25) is 0 Å². The van der Waals surface area contributed by atoms with Gasteiger partial charge in [-0.2, -0.15) is 0 Å². The molecule has 0 radical (unpaired) electrons. The summed E-state index contributed by atoms with van der Waals surface area (Å²) in [4.78, 5) is 4.47. The minimum absolute atomic E-state index is 0.326. The van der Waals surface area contributed by atoms with E-state index in [1.165, 1.54) is 0 Å². The SMILES string of the molecule is C=CCC(C)Nc1cc2nc(C)sc2cc1N. The number of aryl methyl sites for hydroxylation is 1. The highest BCUT2D eigenvalue weighted by Gasteiger charge is 2.08. The van der Waals surface area contributed by atoms with E-state index in [0.717, 1.165) is 33.0 Å². The van der Waals surface area contributed by atoms with Gasteiger partial charge in [0.25, 0.3) is 0 Å². The Morgan fingerprint density at radius 1 is 1.59 bits per heavy atom. The van der Waals surface area contributed by atoms with Crippen LogP contribution in [0.1, 0.15) is 18.4 Å². The first-order chi connectivity index (χ1) is 8.10. The Balaban J connectivity index is 2.33. The lowest BCUT2D eigenvalue weighted by Crippen LogP contribution is -2.14. The maximum Gasteiger partial charge on any atom is 0.0907 e. The fourth-order valence-electron chi connectivity index (χ4n) is 1.80. The number of fused-ring (bicyclic) bond motifs is 1. The van der Waals surface area contributed by atoms with E-state index < -0.39 is 0 Å². The molecule has 1 heterocycles. The molecule has 0 saturated carbocycles. The van der Waals surface area contributed by atoms with Crippen molar-refractivity contribution in [2.24, 2.45) is 0 Å². The highest BCUT2D eigenvalue weighted by atomic mass is 32.1. The molecular formula is C13H17N3S. The molecule has 4 heteroatoms. The number of hydrogen-bond acceptors (Lipinski definition) is 4. The van der Waals surface area contributed by atoms with E-state index in [-0.39, 0.29) is 0 Å². The van der Waals surface area contributed by atoms with Crippen LogP contribution < -0.4 is 11.1 Å². The van der Waals surface area contributed by atoms with Crippen LogP contribution in [-0.4, -0.2) is 11.0 Å². The van der Waals surface area contributed by atoms with Gasteiger partial charge in [0.15, 0.2) is 0 Å². The maximum absolute atomic E-state index is 6.03. The summed E-state index contributed by atoms with van der Waals surface area (Å²) in [5.74, 6) is 0. The molecule has 0 spiro atoms. The molecule has 0 aliphatic heterocycles. The summed E-state index contributed by atoms with van der Waals surface area (Å²) >= 11 is 1.67. The molecule has 1 aromatic carbocycles. The number of hydrogen-bond donors (Lipinski definition) is 2. The van der Waals surface area contributed by atoms with Crippen LogP contribution in [0.5, 0.6) is 0 Å². The molecule has 2 rings (SSSR count). The lowest BCUT2D eigenvalue weighted by molar-refractivity contribution is 0.815. The molecule has 17 heavy (non-hydrogen) atoms. The number of anilines is 2. The molecule has 2 aromatic rings. The van der Waals surface area contributed by atoms with Gasteiger partial charge in [0, 0.05) is 6.04 Å². The van der Waals surface area contributed by atoms with Gasteiger partial charge in [-0.05, 0) is 32.4 Å². The fourth-order valence-corrected chi connectivity index (χ4v) is 2.66. The maximum atomic E-state index is 6.03. The quantitative estimate of drug-likeness (QED) is 0.641. The molecule has 0 fully saturated rings. The van der Waals surface area contributed by atoms with Crippen molar-refractivity contribution in [3.05, 3.63) is 29.8 Å². The van der Waals surface area contributed by atoms with E-state index in [4.69, 9.17) is 5.73 Å². The Kier molecular flexibility index (Phi) is 3.33. The van der Waals surface area contributed by atoms with Crippen molar-refractivity contribution >= 4 is 32.9 Å². The molecule has 3 nitrogen and oxygen atoms in total. The number of benzene rings is 1. The normalized spacial score (nSPS) is 12.6. The van der Waals surface area contributed by atoms with Gasteiger partial charge in [-0.15, -0.1) is 17.9 Å². The summed E-state index contributed by atoms with van der Waals surface area (Å²) in [5, 5.41) is 4.45. The van der Waals surface area contributed by atoms with E-state index >= 15 is 0 Å². The van der Waals surface area contributed by atoms with Gasteiger partial charge in [-0.1, -0.05) is 6.08 Å². The molecule has 0 bridgehead atoms. The lowest BCUT2D eigenvalue weighted by atomic mass is 10.2. The summed E-state index contributed by atoms with van der Waals surface area (Å²) < 4.78 is 1.14. The second-order valence-electron chi connectivity index (χ2n) is 4.21. The summed E-state index contributed by atoms with van der Waals surface area (Å²) in [5.41, 5.74) is 8.77. The standard InChI is InChI=1S/C13H17N3S/c1-4-5-8(2)15-11-7-12-13(6-10(11)14)17-9(3)16-12/h4,6-8,15H,1,5,14H2,2-3H3. The third-order valence-corrected chi connectivity index (χ3v) is 3.52. The van der Waals surface area contributed by atoms with Crippen molar-refractivity contribution in [1.29, 1.82) is 0 Å². The van der Waals surface area contributed by atoms with E-state index in [1.54, 1.807) is 11.3 Å². The monoisotopic (exact) mass is 247 g/mol. The van der Waals surface area contributed by atoms with Crippen molar-refractivity contribution in [2.75, 3.05) is 11.1 Å². The predicted molar refractivity (Wildman–Crippen MR) is 76.7 cm³/mol. The van der Waals surface area contributed by atoms with E-state index in [2.05, 4.69) is 23.8 Å². The molecule has 1 aromatic heterocycles. The zero-order chi connectivity index (χ0) is 12.4. The molecule has 0 saturated heterocycles. The number of aromatic nitrogens is 1. The summed E-state index contributed by atoms with van der Waals surface area (Å²) in [7, 11) is 0. The second kappa shape index (κ2) is 4.75. The molecular weight excluding hydrogens is 230 g/mol. The average Bonchev–Trinajstić information content (AvgIpc) is 2.58. The Morgan fingerprint density at radius 3 is 3.06 bits per heavy atom. The number of nitrogens with zero attached hydrogens (tertiary/aromatic N) is 1. The first-order valence-corrected chi connectivity index (χ1v) is 6.46. The number of thiazole rings is 1. The van der Waals surface area contributed by atoms with Gasteiger partial charge in [0.1, 0.15) is 0 Å². The van der Waals surface area contributed by atoms with Gasteiger partial charge < -0.3 is 11.1 Å². The Labute approximate surface area is 105 Å². The zero-order valence-electron chi connectivity index (χ0n) is 10.2. The predicted octanol–water partition coefficient (Wildman–Crippen LogP) is 3.56. The van der Waals surface area contributed by atoms with Crippen LogP contribution in [0.3, 0.4) is 0 Å². The Hall–Kier alpha value is -1.55. The van der Waals surface area contributed by atoms with Crippen molar-refractivity contribution in [2.45, 2.75) is 26.3 Å². The third-order valence-electron chi connectivity index (χ3n) is 2.59. The number of nitrogens with one attached hydrogen (secondary N) is 1. The van der Waals surface area contributed by atoms with Gasteiger partial charge in [0.05, 0.1) is 26.6 Å². The Bertz CT molecular complexity index is 545. The third kappa shape index (κ3) is 2.58. The van der Waals surface area contributed by atoms with Crippen LogP contribution in [0, 0.1) is 6.92 Å². The lowest BCUT2D eigenvalue weighted by Gasteiger charge is -2.15. The molecule has 0 amide bonds. The fraction of sp³-hybridized carbons (Fsp3) is 0.308. The Morgan fingerprint density at radius 2 is 2.35 bits per heavy atom. The van der Waals surface area contributed by atoms with E-state index in [0.29, 0.717) is 6.04 Å². The smallest absolute Gasteiger partial charge is 0.0907 e. The number of rotatable bonds is 4. The first-order valence-electron chi connectivity index (χ1n) is 5.64. The summed E-state index contributed by atoms with van der Waals surface area (Å²) in [6.45, 7) is 7.85. The first kappa shape index (κ1) is 11.9. The second-order valence-corrected chi connectivity index (χ2v) is 5.44. The largest absolute Gasteiger partial charge is 0.397 e. The summed E-state index contributed by atoms with van der Waals surface area (Å²) in [6.07, 6.45) is 2.81. The molecule has 3 N–H and O–H groups in total. The number of nitrogen functional groups attached to an aromatic ring is 1. The molecule has 0 aliphatic rings. The van der Waals surface area contributed by atoms with Crippen LogP contribution >= 0.6 is 11.3 Å². The zero-order valence-corrected chi connectivity index (χ0v) is 11.0. The van der Waals surface area contributed by atoms with Crippen molar-refractivity contribution in [1.82, 2.24) is 4.98 Å².